The van der Waals surface area contributed by atoms with Gasteiger partial charge in [0.1, 0.15) is 5.15 Å². The van der Waals surface area contributed by atoms with Crippen LogP contribution in [-0.4, -0.2) is 15.8 Å². The summed E-state index contributed by atoms with van der Waals surface area (Å²) in [6.45, 7) is 2.03. The summed E-state index contributed by atoms with van der Waals surface area (Å²) in [7, 11) is 0. The Morgan fingerprint density at radius 2 is 2.14 bits per heavy atom. The topological polar surface area (TPSA) is 45.8 Å². The molecule has 104 valence electrons. The molecule has 0 fully saturated rings. The number of halogens is 1. The number of ketones is 1. The third-order valence-electron chi connectivity index (χ3n) is 3.23. The summed E-state index contributed by atoms with van der Waals surface area (Å²) in [6.07, 6.45) is 4.91. The molecule has 0 atom stereocenters. The number of rotatable bonds is 3. The number of aromatic nitrogens is 2. The predicted molar refractivity (Wildman–Crippen MR) is 85.6 cm³/mol. The highest BCUT2D eigenvalue weighted by molar-refractivity contribution is 6.31. The number of carbonyl (C=O) groups excluding carboxylic acids is 1. The molecule has 0 aliphatic rings. The van der Waals surface area contributed by atoms with Gasteiger partial charge in [0, 0.05) is 17.1 Å². The SMILES string of the molecule is Cc1ccc2nc(Cl)c(/C=C/C(=O)c3ccc[nH]3)cc2c1. The van der Waals surface area contributed by atoms with Gasteiger partial charge in [0.2, 0.25) is 5.78 Å². The van der Waals surface area contributed by atoms with E-state index >= 15 is 0 Å². The molecule has 0 saturated carbocycles. The number of carbonyl (C=O) groups is 1. The van der Waals surface area contributed by atoms with E-state index in [4.69, 9.17) is 11.6 Å². The van der Waals surface area contributed by atoms with Crippen LogP contribution in [-0.2, 0) is 0 Å². The molecule has 2 heterocycles. The van der Waals surface area contributed by atoms with Crippen molar-refractivity contribution in [2.24, 2.45) is 0 Å². The van der Waals surface area contributed by atoms with Crippen LogP contribution in [0.1, 0.15) is 21.6 Å². The van der Waals surface area contributed by atoms with Gasteiger partial charge < -0.3 is 4.98 Å². The molecule has 0 unspecified atom stereocenters. The van der Waals surface area contributed by atoms with Crippen molar-refractivity contribution in [1.29, 1.82) is 0 Å². The number of hydrogen-bond donors (Lipinski definition) is 1. The maximum Gasteiger partial charge on any atom is 0.201 e. The Hall–Kier alpha value is -2.39. The zero-order valence-corrected chi connectivity index (χ0v) is 12.2. The fourth-order valence-electron chi connectivity index (χ4n) is 2.14. The minimum atomic E-state index is -0.0968. The van der Waals surface area contributed by atoms with Crippen LogP contribution in [0.5, 0.6) is 0 Å². The van der Waals surface area contributed by atoms with E-state index in [9.17, 15) is 4.79 Å². The van der Waals surface area contributed by atoms with Crippen molar-refractivity contribution in [3.63, 3.8) is 0 Å². The Balaban J connectivity index is 1.96. The summed E-state index contributed by atoms with van der Waals surface area (Å²) in [5, 5.41) is 1.40. The molecule has 3 rings (SSSR count). The minimum absolute atomic E-state index is 0.0968. The summed E-state index contributed by atoms with van der Waals surface area (Å²) < 4.78 is 0. The lowest BCUT2D eigenvalue weighted by Gasteiger charge is -2.03. The third-order valence-corrected chi connectivity index (χ3v) is 3.53. The quantitative estimate of drug-likeness (QED) is 0.442. The number of H-pyrrole nitrogens is 1. The molecule has 1 N–H and O–H groups in total. The molecular formula is C17H13ClN2O. The highest BCUT2D eigenvalue weighted by Crippen LogP contribution is 2.22. The Morgan fingerprint density at radius 1 is 1.29 bits per heavy atom. The lowest BCUT2D eigenvalue weighted by atomic mass is 10.1. The van der Waals surface area contributed by atoms with Crippen molar-refractivity contribution in [3.05, 3.63) is 70.6 Å². The van der Waals surface area contributed by atoms with Crippen LogP contribution in [0, 0.1) is 6.92 Å². The third kappa shape index (κ3) is 2.88. The van der Waals surface area contributed by atoms with E-state index in [-0.39, 0.29) is 5.78 Å². The van der Waals surface area contributed by atoms with E-state index in [1.54, 1.807) is 24.4 Å². The van der Waals surface area contributed by atoms with Crippen molar-refractivity contribution in [2.75, 3.05) is 0 Å². The molecule has 4 heteroatoms. The molecule has 0 aliphatic carbocycles. The van der Waals surface area contributed by atoms with E-state index in [1.165, 1.54) is 6.08 Å². The predicted octanol–water partition coefficient (Wildman–Crippen LogP) is 4.42. The van der Waals surface area contributed by atoms with E-state index in [2.05, 4.69) is 9.97 Å². The first-order valence-corrected chi connectivity index (χ1v) is 6.94. The fraction of sp³-hybridized carbons (Fsp3) is 0.0588. The molecule has 3 aromatic rings. The van der Waals surface area contributed by atoms with Gasteiger partial charge in [0.05, 0.1) is 11.2 Å². The van der Waals surface area contributed by atoms with Crippen molar-refractivity contribution in [3.8, 4) is 0 Å². The highest BCUT2D eigenvalue weighted by Gasteiger charge is 2.05. The Kier molecular flexibility index (Phi) is 3.59. The fourth-order valence-corrected chi connectivity index (χ4v) is 2.35. The number of fused-ring (bicyclic) bond motifs is 1. The molecule has 1 aromatic carbocycles. The second-order valence-corrected chi connectivity index (χ2v) is 5.20. The van der Waals surface area contributed by atoms with Crippen molar-refractivity contribution in [2.45, 2.75) is 6.92 Å². The van der Waals surface area contributed by atoms with E-state index < -0.39 is 0 Å². The van der Waals surface area contributed by atoms with Crippen molar-refractivity contribution >= 4 is 34.4 Å². The number of allylic oxidation sites excluding steroid dienone is 1. The smallest absolute Gasteiger partial charge is 0.201 e. The van der Waals surface area contributed by atoms with E-state index in [1.807, 2.05) is 31.2 Å². The van der Waals surface area contributed by atoms with Gasteiger partial charge in [-0.1, -0.05) is 23.2 Å². The lowest BCUT2D eigenvalue weighted by molar-refractivity contribution is 0.104. The zero-order chi connectivity index (χ0) is 14.8. The maximum absolute atomic E-state index is 11.9. The molecule has 0 amide bonds. The molecule has 2 aromatic heterocycles. The standard InChI is InChI=1S/C17H13ClN2O/c1-11-4-6-14-13(9-11)10-12(17(18)20-14)5-7-16(21)15-3-2-8-19-15/h2-10,19H,1H3/b7-5+. The first-order chi connectivity index (χ1) is 10.1. The van der Waals surface area contributed by atoms with E-state index in [0.29, 0.717) is 10.8 Å². The van der Waals surface area contributed by atoms with E-state index in [0.717, 1.165) is 22.0 Å². The Morgan fingerprint density at radius 3 is 2.90 bits per heavy atom. The van der Waals surface area contributed by atoms with Gasteiger partial charge in [-0.05, 0) is 49.4 Å². The molecule has 21 heavy (non-hydrogen) atoms. The van der Waals surface area contributed by atoms with Gasteiger partial charge >= 0.3 is 0 Å². The lowest BCUT2D eigenvalue weighted by Crippen LogP contribution is -1.94. The number of nitrogens with one attached hydrogen (secondary N) is 1. The van der Waals surface area contributed by atoms with Crippen LogP contribution in [0.3, 0.4) is 0 Å². The van der Waals surface area contributed by atoms with Gasteiger partial charge in [-0.25, -0.2) is 4.98 Å². The average Bonchev–Trinajstić information content (AvgIpc) is 2.99. The number of benzene rings is 1. The first-order valence-electron chi connectivity index (χ1n) is 6.56. The second kappa shape index (κ2) is 5.54. The number of nitrogens with zero attached hydrogens (tertiary/aromatic N) is 1. The van der Waals surface area contributed by atoms with Gasteiger partial charge in [-0.15, -0.1) is 0 Å². The molecule has 0 radical (unpaired) electrons. The Bertz CT molecular complexity index is 835. The summed E-state index contributed by atoms with van der Waals surface area (Å²) >= 11 is 6.17. The average molecular weight is 297 g/mol. The summed E-state index contributed by atoms with van der Waals surface area (Å²) in [5.74, 6) is -0.0968. The van der Waals surface area contributed by atoms with Gasteiger partial charge in [0.15, 0.2) is 0 Å². The second-order valence-electron chi connectivity index (χ2n) is 4.85. The monoisotopic (exact) mass is 296 g/mol. The first kappa shape index (κ1) is 13.6. The summed E-state index contributed by atoms with van der Waals surface area (Å²) in [6, 6.07) is 11.4. The number of aryl methyl sites for hydroxylation is 1. The molecule has 0 bridgehead atoms. The zero-order valence-electron chi connectivity index (χ0n) is 11.4. The van der Waals surface area contributed by atoms with Crippen LogP contribution in [0.4, 0.5) is 0 Å². The highest BCUT2D eigenvalue weighted by atomic mass is 35.5. The van der Waals surface area contributed by atoms with Crippen molar-refractivity contribution in [1.82, 2.24) is 9.97 Å². The largest absolute Gasteiger partial charge is 0.359 e. The Labute approximate surface area is 127 Å². The van der Waals surface area contributed by atoms with Crippen LogP contribution in [0.2, 0.25) is 5.15 Å². The maximum atomic E-state index is 11.9. The van der Waals surface area contributed by atoms with Gasteiger partial charge in [0.25, 0.3) is 0 Å². The molecule has 0 spiro atoms. The van der Waals surface area contributed by atoms with Crippen molar-refractivity contribution < 1.29 is 4.79 Å². The van der Waals surface area contributed by atoms with Crippen LogP contribution >= 0.6 is 11.6 Å². The molecular weight excluding hydrogens is 284 g/mol. The molecule has 0 saturated heterocycles. The molecule has 3 nitrogen and oxygen atoms in total. The van der Waals surface area contributed by atoms with Gasteiger partial charge in [-0.3, -0.25) is 4.79 Å². The number of hydrogen-bond acceptors (Lipinski definition) is 2. The summed E-state index contributed by atoms with van der Waals surface area (Å²) in [4.78, 5) is 19.2. The van der Waals surface area contributed by atoms with Crippen LogP contribution in [0.25, 0.3) is 17.0 Å². The molecule has 0 aliphatic heterocycles. The van der Waals surface area contributed by atoms with Crippen LogP contribution in [0.15, 0.2) is 48.7 Å². The number of aromatic amines is 1. The van der Waals surface area contributed by atoms with Crippen LogP contribution < -0.4 is 0 Å². The normalized spacial score (nSPS) is 11.3. The van der Waals surface area contributed by atoms with Gasteiger partial charge in [-0.2, -0.15) is 0 Å². The minimum Gasteiger partial charge on any atom is -0.359 e. The summed E-state index contributed by atoms with van der Waals surface area (Å²) in [5.41, 5.74) is 3.28. The number of pyridine rings is 1.